The van der Waals surface area contributed by atoms with Gasteiger partial charge in [-0.15, -0.1) is 0 Å². The molecular weight excluding hydrogens is 432 g/mol. The molecule has 0 aromatic carbocycles. The van der Waals surface area contributed by atoms with Gasteiger partial charge in [0.1, 0.15) is 0 Å². The third-order valence-corrected chi connectivity index (χ3v) is 10.6. The summed E-state index contributed by atoms with van der Waals surface area (Å²) in [6, 6.07) is 0. The molecule has 0 aliphatic heterocycles. The second-order valence-corrected chi connectivity index (χ2v) is 13.3. The summed E-state index contributed by atoms with van der Waals surface area (Å²) in [5.74, 6) is 1.92. The Bertz CT molecular complexity index is 866. The highest BCUT2D eigenvalue weighted by atomic mass is 16.7. The maximum Gasteiger partial charge on any atom is 0.155 e. The summed E-state index contributed by atoms with van der Waals surface area (Å²) in [5.41, 5.74) is 7.11. The first-order chi connectivity index (χ1) is 16.4. The van der Waals surface area contributed by atoms with Crippen LogP contribution in [0.3, 0.4) is 0 Å². The molecule has 4 rings (SSSR count). The molecule has 0 aromatic rings. The van der Waals surface area contributed by atoms with E-state index in [0.717, 1.165) is 18.6 Å². The summed E-state index contributed by atoms with van der Waals surface area (Å²) in [7, 11) is 0. The van der Waals surface area contributed by atoms with E-state index in [9.17, 15) is 0 Å². The van der Waals surface area contributed by atoms with Crippen molar-refractivity contribution < 1.29 is 14.2 Å². The summed E-state index contributed by atoms with van der Waals surface area (Å²) in [4.78, 5) is 0. The van der Waals surface area contributed by atoms with Gasteiger partial charge in [0, 0.05) is 13.2 Å². The summed E-state index contributed by atoms with van der Waals surface area (Å²) in [5, 5.41) is 0. The van der Waals surface area contributed by atoms with Crippen molar-refractivity contribution in [3.63, 3.8) is 0 Å². The molecule has 4 aliphatic rings. The van der Waals surface area contributed by atoms with E-state index in [1.165, 1.54) is 38.5 Å². The van der Waals surface area contributed by atoms with Crippen LogP contribution in [0.5, 0.6) is 0 Å². The van der Waals surface area contributed by atoms with Gasteiger partial charge in [-0.2, -0.15) is 0 Å². The fourth-order valence-electron chi connectivity index (χ4n) is 8.85. The van der Waals surface area contributed by atoms with E-state index in [1.54, 1.807) is 16.7 Å². The molecule has 0 heterocycles. The first kappa shape index (κ1) is 27.1. The lowest BCUT2D eigenvalue weighted by Gasteiger charge is -2.60. The first-order valence-corrected chi connectivity index (χ1v) is 14.4. The van der Waals surface area contributed by atoms with Gasteiger partial charge in [0.15, 0.2) is 6.29 Å². The quantitative estimate of drug-likeness (QED) is 0.243. The molecule has 1 unspecified atom stereocenters. The fraction of sp³-hybridized carbons (Fsp3) is 0.812. The summed E-state index contributed by atoms with van der Waals surface area (Å²) in [6.07, 6.45) is 11.4. The van der Waals surface area contributed by atoms with Crippen LogP contribution in [0.25, 0.3) is 0 Å². The van der Waals surface area contributed by atoms with Gasteiger partial charge < -0.3 is 14.2 Å². The summed E-state index contributed by atoms with van der Waals surface area (Å²) >= 11 is 0. The number of hydrogen-bond donors (Lipinski definition) is 0. The molecule has 0 spiro atoms. The van der Waals surface area contributed by atoms with Gasteiger partial charge in [-0.05, 0) is 111 Å². The van der Waals surface area contributed by atoms with Crippen LogP contribution in [-0.4, -0.2) is 32.2 Å². The fourth-order valence-corrected chi connectivity index (χ4v) is 8.85. The average Bonchev–Trinajstić information content (AvgIpc) is 3.13. The molecule has 0 aromatic heterocycles. The highest BCUT2D eigenvalue weighted by Gasteiger charge is 2.58. The van der Waals surface area contributed by atoms with Gasteiger partial charge in [-0.1, -0.05) is 58.4 Å². The monoisotopic (exact) mass is 484 g/mol. The normalized spacial score (nSPS) is 37.7. The predicted molar refractivity (Wildman–Crippen MR) is 145 cm³/mol. The van der Waals surface area contributed by atoms with Gasteiger partial charge in [-0.25, -0.2) is 0 Å². The molecule has 7 atom stereocenters. The Morgan fingerprint density at radius 2 is 1.83 bits per heavy atom. The third-order valence-electron chi connectivity index (χ3n) is 10.6. The number of allylic oxidation sites excluding steroid dienone is 4. The number of ether oxygens (including phenoxy) is 3. The molecule has 3 nitrogen and oxygen atoms in total. The van der Waals surface area contributed by atoms with Gasteiger partial charge in [0.05, 0.1) is 12.7 Å². The Balaban J connectivity index is 1.54. The van der Waals surface area contributed by atoms with E-state index >= 15 is 0 Å². The minimum Gasteiger partial charge on any atom is -0.377 e. The average molecular weight is 485 g/mol. The molecule has 0 bridgehead atoms. The molecule has 0 radical (unpaired) electrons. The smallest absolute Gasteiger partial charge is 0.155 e. The van der Waals surface area contributed by atoms with Crippen LogP contribution in [0.4, 0.5) is 0 Å². The van der Waals surface area contributed by atoms with Gasteiger partial charge >= 0.3 is 0 Å². The summed E-state index contributed by atoms with van der Waals surface area (Å²) < 4.78 is 18.2. The second-order valence-electron chi connectivity index (χ2n) is 13.3. The van der Waals surface area contributed by atoms with E-state index in [4.69, 9.17) is 14.2 Å². The van der Waals surface area contributed by atoms with Crippen molar-refractivity contribution >= 4 is 0 Å². The Morgan fingerprint density at radius 3 is 2.51 bits per heavy atom. The van der Waals surface area contributed by atoms with Crippen molar-refractivity contribution in [1.82, 2.24) is 0 Å². The predicted octanol–water partition coefficient (Wildman–Crippen LogP) is 8.26. The van der Waals surface area contributed by atoms with E-state index in [1.807, 2.05) is 13.8 Å². The minimum absolute atomic E-state index is 0.121. The van der Waals surface area contributed by atoms with E-state index in [-0.39, 0.29) is 17.8 Å². The van der Waals surface area contributed by atoms with Crippen molar-refractivity contribution in [3.8, 4) is 0 Å². The topological polar surface area (TPSA) is 27.7 Å². The Labute approximate surface area is 215 Å². The van der Waals surface area contributed by atoms with Crippen molar-refractivity contribution in [2.75, 3.05) is 19.8 Å². The molecule has 4 aliphatic carbocycles. The molecule has 1 saturated carbocycles. The van der Waals surface area contributed by atoms with Crippen LogP contribution >= 0.6 is 0 Å². The molecular formula is C32H52O3. The van der Waals surface area contributed by atoms with E-state index in [0.29, 0.717) is 41.8 Å². The van der Waals surface area contributed by atoms with Crippen molar-refractivity contribution in [1.29, 1.82) is 0 Å². The number of rotatable bonds is 9. The maximum atomic E-state index is 6.48. The maximum absolute atomic E-state index is 6.48. The minimum atomic E-state index is -0.121. The zero-order chi connectivity index (χ0) is 25.6. The van der Waals surface area contributed by atoms with Gasteiger partial charge in [0.2, 0.25) is 0 Å². The van der Waals surface area contributed by atoms with Crippen LogP contribution in [0.1, 0.15) is 100 Å². The lowest BCUT2D eigenvalue weighted by Crippen LogP contribution is -2.54. The highest BCUT2D eigenvalue weighted by molar-refractivity contribution is 5.49. The second kappa shape index (κ2) is 10.1. The SMILES string of the molecule is C=C(C)COC[C@@H](C)[C@H]1CC=C2C3=C(CC[C@@]21C)[C@@]1(C)CC[C@H](OC(C)OCC)C(C)(C)[C@H]1CC3. The van der Waals surface area contributed by atoms with Crippen molar-refractivity contribution in [2.24, 2.45) is 34.0 Å². The first-order valence-electron chi connectivity index (χ1n) is 14.4. The number of fused-ring (bicyclic) bond motifs is 4. The molecule has 1 fully saturated rings. The largest absolute Gasteiger partial charge is 0.377 e. The van der Waals surface area contributed by atoms with Crippen molar-refractivity contribution in [3.05, 3.63) is 34.9 Å². The Kier molecular flexibility index (Phi) is 7.84. The van der Waals surface area contributed by atoms with Gasteiger partial charge in [-0.3, -0.25) is 0 Å². The van der Waals surface area contributed by atoms with Gasteiger partial charge in [0.25, 0.3) is 0 Å². The summed E-state index contributed by atoms with van der Waals surface area (Å²) in [6.45, 7) is 24.9. The number of hydrogen-bond acceptors (Lipinski definition) is 3. The van der Waals surface area contributed by atoms with Crippen LogP contribution in [0, 0.1) is 34.0 Å². The van der Waals surface area contributed by atoms with Crippen LogP contribution in [-0.2, 0) is 14.2 Å². The standard InChI is InChI=1S/C32H52O3/c1-10-34-23(5)35-29-16-18-32(9)27-15-17-31(8)25(22(4)20-33-19-21(2)3)12-13-26(31)24(27)11-14-28(32)30(29,6)7/h13,22-23,25,28-29H,2,10-12,14-20H2,1,3-9H3/t22-,23?,25-,28-,29+,31-,32-/m1/s1. The molecule has 35 heavy (non-hydrogen) atoms. The van der Waals surface area contributed by atoms with E-state index < -0.39 is 0 Å². The molecule has 3 heteroatoms. The third kappa shape index (κ3) is 4.75. The van der Waals surface area contributed by atoms with Crippen molar-refractivity contribution in [2.45, 2.75) is 113 Å². The molecule has 0 saturated heterocycles. The zero-order valence-corrected chi connectivity index (χ0v) is 24.0. The highest BCUT2D eigenvalue weighted by Crippen LogP contribution is 2.66. The Morgan fingerprint density at radius 1 is 1.09 bits per heavy atom. The molecule has 0 N–H and O–H groups in total. The van der Waals surface area contributed by atoms with Crippen LogP contribution in [0.2, 0.25) is 0 Å². The lowest BCUT2D eigenvalue weighted by atomic mass is 9.46. The lowest BCUT2D eigenvalue weighted by molar-refractivity contribution is -0.214. The van der Waals surface area contributed by atoms with E-state index in [2.05, 4.69) is 54.2 Å². The van der Waals surface area contributed by atoms with Crippen LogP contribution in [0.15, 0.2) is 34.9 Å². The molecule has 0 amide bonds. The molecule has 198 valence electrons. The van der Waals surface area contributed by atoms with Crippen LogP contribution < -0.4 is 0 Å². The Hall–Kier alpha value is -0.900. The zero-order valence-electron chi connectivity index (χ0n) is 24.0.